The van der Waals surface area contributed by atoms with Crippen molar-refractivity contribution in [2.75, 3.05) is 26.2 Å². The van der Waals surface area contributed by atoms with E-state index >= 15 is 0 Å². The van der Waals surface area contributed by atoms with Crippen molar-refractivity contribution in [1.29, 1.82) is 5.26 Å². The van der Waals surface area contributed by atoms with Gasteiger partial charge in [0.1, 0.15) is 12.4 Å². The Morgan fingerprint density at radius 1 is 1.03 bits per heavy atom. The minimum atomic E-state index is 0.0676. The number of hydrogen-bond donors (Lipinski definition) is 0. The molecule has 33 heavy (non-hydrogen) atoms. The topological polar surface area (TPSA) is 69.5 Å². The molecule has 1 fully saturated rings. The molecule has 0 aliphatic carbocycles. The standard InChI is InChI=1S/C27H28N4O2/c1-20-14-25(15-21(2)26(20)33-19-24-4-3-9-29-17-24)27(32)31-12-10-30(11-13-31)18-23-7-5-22(16-28)6-8-23/h3-9,14-15,17H,10-13,18-19H2,1-2H3. The summed E-state index contributed by atoms with van der Waals surface area (Å²) in [6, 6.07) is 17.6. The molecule has 4 rings (SSSR count). The summed E-state index contributed by atoms with van der Waals surface area (Å²) in [5.74, 6) is 0.890. The third-order valence-electron chi connectivity index (χ3n) is 5.96. The molecule has 1 amide bonds. The lowest BCUT2D eigenvalue weighted by Crippen LogP contribution is -2.48. The molecule has 0 bridgehead atoms. The Morgan fingerprint density at radius 2 is 1.73 bits per heavy atom. The zero-order valence-electron chi connectivity index (χ0n) is 19.1. The summed E-state index contributed by atoms with van der Waals surface area (Å²) in [4.78, 5) is 21.6. The van der Waals surface area contributed by atoms with E-state index in [9.17, 15) is 4.79 Å². The molecule has 0 saturated carbocycles. The molecule has 0 unspecified atom stereocenters. The van der Waals surface area contributed by atoms with Crippen LogP contribution in [0.2, 0.25) is 0 Å². The molecule has 1 saturated heterocycles. The molecule has 6 heteroatoms. The monoisotopic (exact) mass is 440 g/mol. The molecule has 168 valence electrons. The first-order valence-electron chi connectivity index (χ1n) is 11.2. The van der Waals surface area contributed by atoms with Crippen molar-refractivity contribution < 1.29 is 9.53 Å². The lowest BCUT2D eigenvalue weighted by Gasteiger charge is -2.35. The number of ether oxygens (including phenoxy) is 1. The third kappa shape index (κ3) is 5.57. The Bertz CT molecular complexity index is 1120. The maximum absolute atomic E-state index is 13.2. The molecule has 0 atom stereocenters. The minimum absolute atomic E-state index is 0.0676. The predicted molar refractivity (Wildman–Crippen MR) is 127 cm³/mol. The highest BCUT2D eigenvalue weighted by Gasteiger charge is 2.23. The van der Waals surface area contributed by atoms with Gasteiger partial charge in [-0.1, -0.05) is 18.2 Å². The summed E-state index contributed by atoms with van der Waals surface area (Å²) in [6.07, 6.45) is 3.54. The first-order valence-corrected chi connectivity index (χ1v) is 11.2. The van der Waals surface area contributed by atoms with Crippen LogP contribution in [0.5, 0.6) is 5.75 Å². The van der Waals surface area contributed by atoms with Crippen LogP contribution in [0.1, 0.15) is 38.2 Å². The van der Waals surface area contributed by atoms with Crippen molar-refractivity contribution in [2.45, 2.75) is 27.0 Å². The van der Waals surface area contributed by atoms with E-state index in [0.29, 0.717) is 30.8 Å². The van der Waals surface area contributed by atoms with Crippen molar-refractivity contribution >= 4 is 5.91 Å². The van der Waals surface area contributed by atoms with E-state index in [1.165, 1.54) is 5.56 Å². The average molecular weight is 441 g/mol. The van der Waals surface area contributed by atoms with Gasteiger partial charge in [0.05, 0.1) is 11.6 Å². The van der Waals surface area contributed by atoms with E-state index < -0.39 is 0 Å². The largest absolute Gasteiger partial charge is 0.488 e. The van der Waals surface area contributed by atoms with E-state index in [-0.39, 0.29) is 5.91 Å². The predicted octanol–water partition coefficient (Wildman–Crippen LogP) is 4.11. The second-order valence-corrected chi connectivity index (χ2v) is 8.47. The number of piperazine rings is 1. The van der Waals surface area contributed by atoms with Gasteiger partial charge in [0.2, 0.25) is 0 Å². The van der Waals surface area contributed by atoms with Crippen LogP contribution in [0, 0.1) is 25.2 Å². The second kappa shape index (κ2) is 10.3. The molecule has 2 heterocycles. The molecule has 1 aromatic heterocycles. The van der Waals surface area contributed by atoms with Gasteiger partial charge >= 0.3 is 0 Å². The zero-order chi connectivity index (χ0) is 23.2. The Morgan fingerprint density at radius 3 is 2.33 bits per heavy atom. The summed E-state index contributed by atoms with van der Waals surface area (Å²) in [7, 11) is 0. The lowest BCUT2D eigenvalue weighted by atomic mass is 10.0. The molecule has 6 nitrogen and oxygen atoms in total. The molecule has 0 N–H and O–H groups in total. The number of aromatic nitrogens is 1. The fourth-order valence-electron chi connectivity index (χ4n) is 4.17. The van der Waals surface area contributed by atoms with Gasteiger partial charge in [0.15, 0.2) is 0 Å². The first-order chi connectivity index (χ1) is 16.0. The number of carbonyl (C=O) groups is 1. The van der Waals surface area contributed by atoms with Gasteiger partial charge in [-0.2, -0.15) is 5.26 Å². The fourth-order valence-corrected chi connectivity index (χ4v) is 4.17. The number of rotatable bonds is 6. The van der Waals surface area contributed by atoms with Crippen LogP contribution in [0.4, 0.5) is 0 Å². The summed E-state index contributed by atoms with van der Waals surface area (Å²) in [6.45, 7) is 8.31. The number of pyridine rings is 1. The number of nitriles is 1. The van der Waals surface area contributed by atoms with Gasteiger partial charge in [-0.25, -0.2) is 0 Å². The van der Waals surface area contributed by atoms with Crippen LogP contribution in [-0.4, -0.2) is 46.9 Å². The number of hydrogen-bond acceptors (Lipinski definition) is 5. The van der Waals surface area contributed by atoms with Crippen LogP contribution in [-0.2, 0) is 13.2 Å². The number of benzene rings is 2. The molecule has 0 radical (unpaired) electrons. The van der Waals surface area contributed by atoms with E-state index in [1.807, 2.05) is 67.3 Å². The number of aryl methyl sites for hydroxylation is 2. The quantitative estimate of drug-likeness (QED) is 0.577. The highest BCUT2D eigenvalue weighted by molar-refractivity contribution is 5.95. The van der Waals surface area contributed by atoms with Crippen molar-refractivity contribution in [1.82, 2.24) is 14.8 Å². The fraction of sp³-hybridized carbons (Fsp3) is 0.296. The van der Waals surface area contributed by atoms with Gasteiger partial charge < -0.3 is 9.64 Å². The summed E-state index contributed by atoms with van der Waals surface area (Å²) >= 11 is 0. The third-order valence-corrected chi connectivity index (χ3v) is 5.96. The minimum Gasteiger partial charge on any atom is -0.488 e. The summed E-state index contributed by atoms with van der Waals surface area (Å²) in [5, 5.41) is 8.94. The van der Waals surface area contributed by atoms with Gasteiger partial charge in [-0.3, -0.25) is 14.7 Å². The Labute approximate surface area is 195 Å². The molecular formula is C27H28N4O2. The van der Waals surface area contributed by atoms with Gasteiger partial charge in [-0.15, -0.1) is 0 Å². The van der Waals surface area contributed by atoms with Crippen molar-refractivity contribution in [3.63, 3.8) is 0 Å². The molecule has 0 spiro atoms. The summed E-state index contributed by atoms with van der Waals surface area (Å²) in [5.41, 5.74) is 5.49. The summed E-state index contributed by atoms with van der Waals surface area (Å²) < 4.78 is 6.03. The maximum atomic E-state index is 13.2. The van der Waals surface area contributed by atoms with Crippen LogP contribution in [0.3, 0.4) is 0 Å². The zero-order valence-corrected chi connectivity index (χ0v) is 19.1. The number of nitrogens with zero attached hydrogens (tertiary/aromatic N) is 4. The Hall–Kier alpha value is -3.69. The number of carbonyl (C=O) groups excluding carboxylic acids is 1. The van der Waals surface area contributed by atoms with E-state index in [2.05, 4.69) is 16.0 Å². The average Bonchev–Trinajstić information content (AvgIpc) is 2.84. The van der Waals surface area contributed by atoms with Crippen LogP contribution in [0.25, 0.3) is 0 Å². The smallest absolute Gasteiger partial charge is 0.253 e. The molecule has 3 aromatic rings. The van der Waals surface area contributed by atoms with Crippen molar-refractivity contribution in [3.8, 4) is 11.8 Å². The number of amides is 1. The van der Waals surface area contributed by atoms with Gasteiger partial charge in [-0.05, 0) is 60.9 Å². The van der Waals surface area contributed by atoms with Gasteiger partial charge in [0.25, 0.3) is 5.91 Å². The Balaban J connectivity index is 1.34. The normalized spacial score (nSPS) is 14.0. The molecular weight excluding hydrogens is 412 g/mol. The van der Waals surface area contributed by atoms with Crippen molar-refractivity contribution in [2.24, 2.45) is 0 Å². The molecule has 2 aromatic carbocycles. The highest BCUT2D eigenvalue weighted by atomic mass is 16.5. The van der Waals surface area contributed by atoms with E-state index in [0.717, 1.165) is 42.1 Å². The van der Waals surface area contributed by atoms with E-state index in [4.69, 9.17) is 10.00 Å². The molecule has 1 aliphatic rings. The Kier molecular flexibility index (Phi) is 7.01. The molecule has 1 aliphatic heterocycles. The maximum Gasteiger partial charge on any atom is 0.253 e. The second-order valence-electron chi connectivity index (χ2n) is 8.47. The first kappa shape index (κ1) is 22.5. The van der Waals surface area contributed by atoms with Crippen molar-refractivity contribution in [3.05, 3.63) is 94.3 Å². The van der Waals surface area contributed by atoms with Gasteiger partial charge in [0, 0.05) is 56.2 Å². The lowest BCUT2D eigenvalue weighted by molar-refractivity contribution is 0.0628. The van der Waals surface area contributed by atoms with E-state index in [1.54, 1.807) is 12.4 Å². The van der Waals surface area contributed by atoms with Crippen LogP contribution >= 0.6 is 0 Å². The highest BCUT2D eigenvalue weighted by Crippen LogP contribution is 2.26. The van der Waals surface area contributed by atoms with Crippen LogP contribution in [0.15, 0.2) is 60.9 Å². The van der Waals surface area contributed by atoms with Crippen LogP contribution < -0.4 is 4.74 Å². The SMILES string of the molecule is Cc1cc(C(=O)N2CCN(Cc3ccc(C#N)cc3)CC2)cc(C)c1OCc1cccnc1.